The van der Waals surface area contributed by atoms with Gasteiger partial charge in [-0.2, -0.15) is 0 Å². The first-order valence-corrected chi connectivity index (χ1v) is 18.7. The fourth-order valence-corrected chi connectivity index (χ4v) is 5.61. The zero-order chi connectivity index (χ0) is 37.9. The molecule has 2 saturated heterocycles. The lowest BCUT2D eigenvalue weighted by Gasteiger charge is -2.39. The summed E-state index contributed by atoms with van der Waals surface area (Å²) in [7, 11) is 0. The summed E-state index contributed by atoms with van der Waals surface area (Å²) in [6, 6.07) is -3.62. The fourth-order valence-electron chi connectivity index (χ4n) is 5.61. The first kappa shape index (κ1) is 45.8. The fraction of sp³-hybridized carbons (Fsp3) is 0.838. The minimum absolute atomic E-state index is 0.0819. The number of piperidine rings is 1. The average Bonchev–Trinajstić information content (AvgIpc) is 3.53. The Labute approximate surface area is 297 Å². The zero-order valence-corrected chi connectivity index (χ0v) is 32.8. The van der Waals surface area contributed by atoms with E-state index in [4.69, 9.17) is 0 Å². The molecule has 0 aliphatic carbocycles. The summed E-state index contributed by atoms with van der Waals surface area (Å²) >= 11 is 0. The van der Waals surface area contributed by atoms with Crippen molar-refractivity contribution in [2.24, 2.45) is 10.8 Å². The van der Waals surface area contributed by atoms with Crippen molar-refractivity contribution in [1.29, 1.82) is 0 Å². The normalized spacial score (nSPS) is 18.0. The van der Waals surface area contributed by atoms with E-state index in [1.54, 1.807) is 11.8 Å². The number of carbonyl (C=O) groups excluding carboxylic acids is 6. The van der Waals surface area contributed by atoms with Crippen molar-refractivity contribution in [3.05, 3.63) is 0 Å². The van der Waals surface area contributed by atoms with Crippen LogP contribution in [0, 0.1) is 10.8 Å². The number of nitrogens with one attached hydrogen (secondary N) is 4. The molecule has 2 aliphatic heterocycles. The Hall–Kier alpha value is -3.18. The predicted octanol–water partition coefficient (Wildman–Crippen LogP) is 4.94. The molecule has 0 radical (unpaired) electrons. The van der Waals surface area contributed by atoms with Crippen LogP contribution in [0.2, 0.25) is 0 Å². The average molecular weight is 695 g/mol. The molecule has 2 heterocycles. The van der Waals surface area contributed by atoms with Gasteiger partial charge in [0, 0.05) is 32.6 Å². The molecular formula is C37H70N6O6. The van der Waals surface area contributed by atoms with Crippen molar-refractivity contribution in [1.82, 2.24) is 31.1 Å². The Balaban J connectivity index is 0.00000435. The zero-order valence-electron chi connectivity index (χ0n) is 32.8. The van der Waals surface area contributed by atoms with Gasteiger partial charge in [-0.05, 0) is 49.9 Å². The summed E-state index contributed by atoms with van der Waals surface area (Å²) in [6.07, 6.45) is 6.32. The highest BCUT2D eigenvalue weighted by Gasteiger charge is 2.43. The third-order valence-electron chi connectivity index (χ3n) is 8.44. The number of unbranched alkanes of at least 4 members (excludes halogenated alkanes) is 1. The first-order chi connectivity index (χ1) is 22.9. The predicted molar refractivity (Wildman–Crippen MR) is 196 cm³/mol. The third kappa shape index (κ3) is 15.5. The Morgan fingerprint density at radius 3 is 1.96 bits per heavy atom. The molecule has 4 atom stereocenters. The maximum atomic E-state index is 14.0. The van der Waals surface area contributed by atoms with Crippen LogP contribution in [0.4, 0.5) is 4.79 Å². The quantitative estimate of drug-likeness (QED) is 0.200. The number of hydrogen-bond acceptors (Lipinski definition) is 6. The van der Waals surface area contributed by atoms with Gasteiger partial charge in [0.1, 0.15) is 12.1 Å². The van der Waals surface area contributed by atoms with Crippen molar-refractivity contribution >= 4 is 35.4 Å². The smallest absolute Gasteiger partial charge is 0.315 e. The van der Waals surface area contributed by atoms with E-state index in [0.29, 0.717) is 58.3 Å². The maximum Gasteiger partial charge on any atom is 0.315 e. The van der Waals surface area contributed by atoms with Crippen LogP contribution in [-0.4, -0.2) is 95.6 Å². The number of urea groups is 1. The molecule has 0 spiro atoms. The SMILES string of the molecule is CC.CCC.CCCCC(NC(=O)[C@@H]1CCCN1C(=O)[C@@H](NC(=O)N[C@H](CN1CCCCC1=O)C(C)(C)C)C(C)(C)C)C(=O)C(=O)NCC. The number of likely N-dealkylation sites (tertiary alicyclic amines) is 2. The molecule has 0 saturated carbocycles. The summed E-state index contributed by atoms with van der Waals surface area (Å²) in [5.41, 5.74) is -1.04. The molecular weight excluding hydrogens is 624 g/mol. The van der Waals surface area contributed by atoms with Crippen molar-refractivity contribution in [3.8, 4) is 0 Å². The Bertz CT molecular complexity index is 1070. The summed E-state index contributed by atoms with van der Waals surface area (Å²) in [6.45, 7) is 25.1. The van der Waals surface area contributed by atoms with Crippen LogP contribution < -0.4 is 21.3 Å². The number of nitrogens with zero attached hydrogens (tertiary/aromatic N) is 2. The van der Waals surface area contributed by atoms with Crippen LogP contribution >= 0.6 is 0 Å². The van der Waals surface area contributed by atoms with E-state index in [9.17, 15) is 28.8 Å². The second kappa shape index (κ2) is 22.5. The standard InChI is InChI=1S/C32H56N6O6.C3H8.C2H6/c1-9-11-15-21(25(40)28(42)33-10-2)34-27(41)22-16-14-19-38(22)29(43)26(32(6,7)8)36-30(44)35-23(31(3,4)5)20-37-18-13-12-17-24(37)39;1-3-2;1-2/h21-23,26H,9-20H2,1-8H3,(H,33,42)(H,34,41)(H2,35,36,44);3H2,1-2H3;1-2H3/t21?,22-,23+,26+;;/m0../s1. The van der Waals surface area contributed by atoms with E-state index in [2.05, 4.69) is 35.1 Å². The summed E-state index contributed by atoms with van der Waals surface area (Å²) in [5, 5.41) is 11.1. The molecule has 6 amide bonds. The van der Waals surface area contributed by atoms with Gasteiger partial charge in [-0.15, -0.1) is 0 Å². The lowest BCUT2D eigenvalue weighted by atomic mass is 9.85. The molecule has 12 nitrogen and oxygen atoms in total. The lowest BCUT2D eigenvalue weighted by Crippen LogP contribution is -2.62. The minimum Gasteiger partial charge on any atom is -0.350 e. The van der Waals surface area contributed by atoms with E-state index >= 15 is 0 Å². The van der Waals surface area contributed by atoms with Crippen LogP contribution in [0.25, 0.3) is 0 Å². The molecule has 12 heteroatoms. The van der Waals surface area contributed by atoms with Gasteiger partial charge in [0.2, 0.25) is 23.5 Å². The third-order valence-corrected chi connectivity index (χ3v) is 8.44. The number of ketones is 1. The Kier molecular flexibility index (Phi) is 21.1. The highest BCUT2D eigenvalue weighted by Crippen LogP contribution is 2.27. The monoisotopic (exact) mass is 695 g/mol. The molecule has 0 aromatic heterocycles. The molecule has 2 fully saturated rings. The van der Waals surface area contributed by atoms with Gasteiger partial charge in [-0.3, -0.25) is 24.0 Å². The van der Waals surface area contributed by atoms with E-state index in [0.717, 1.165) is 19.3 Å². The summed E-state index contributed by atoms with van der Waals surface area (Å²) in [5.74, 6) is -2.22. The van der Waals surface area contributed by atoms with Gasteiger partial charge in [0.25, 0.3) is 5.91 Å². The number of rotatable bonds is 13. The number of amides is 6. The van der Waals surface area contributed by atoms with Gasteiger partial charge < -0.3 is 31.1 Å². The van der Waals surface area contributed by atoms with Gasteiger partial charge in [0.15, 0.2) is 0 Å². The minimum atomic E-state index is -0.977. The molecule has 0 aromatic carbocycles. The van der Waals surface area contributed by atoms with E-state index < -0.39 is 47.2 Å². The number of likely N-dealkylation sites (N-methyl/N-ethyl adjacent to an activating group) is 1. The molecule has 4 N–H and O–H groups in total. The van der Waals surface area contributed by atoms with Crippen LogP contribution in [0.15, 0.2) is 0 Å². The lowest BCUT2D eigenvalue weighted by molar-refractivity contribution is -0.143. The molecule has 49 heavy (non-hydrogen) atoms. The van der Waals surface area contributed by atoms with Crippen LogP contribution in [0.5, 0.6) is 0 Å². The summed E-state index contributed by atoms with van der Waals surface area (Å²) < 4.78 is 0. The molecule has 0 bridgehead atoms. The molecule has 284 valence electrons. The Morgan fingerprint density at radius 2 is 1.45 bits per heavy atom. The van der Waals surface area contributed by atoms with Crippen LogP contribution in [0.3, 0.4) is 0 Å². The number of carbonyl (C=O) groups is 6. The molecule has 2 rings (SSSR count). The van der Waals surface area contributed by atoms with Crippen LogP contribution in [-0.2, 0) is 24.0 Å². The second-order valence-corrected chi connectivity index (χ2v) is 15.0. The van der Waals surface area contributed by atoms with Gasteiger partial charge in [0.05, 0.1) is 12.1 Å². The van der Waals surface area contributed by atoms with E-state index in [-0.39, 0.29) is 23.3 Å². The number of Topliss-reactive ketones (excluding diaryl/α,β-unsaturated/α-hetero) is 1. The van der Waals surface area contributed by atoms with Crippen molar-refractivity contribution in [3.63, 3.8) is 0 Å². The largest absolute Gasteiger partial charge is 0.350 e. The van der Waals surface area contributed by atoms with Gasteiger partial charge in [-0.1, -0.05) is 95.4 Å². The maximum absolute atomic E-state index is 14.0. The molecule has 1 unspecified atom stereocenters. The van der Waals surface area contributed by atoms with Gasteiger partial charge in [-0.25, -0.2) is 4.79 Å². The highest BCUT2D eigenvalue weighted by molar-refractivity contribution is 6.38. The topological polar surface area (TPSA) is 157 Å². The summed E-state index contributed by atoms with van der Waals surface area (Å²) in [4.78, 5) is 81.6. The van der Waals surface area contributed by atoms with Gasteiger partial charge >= 0.3 is 6.03 Å². The van der Waals surface area contributed by atoms with Crippen molar-refractivity contribution < 1.29 is 28.8 Å². The number of hydrogen-bond donors (Lipinski definition) is 4. The second-order valence-electron chi connectivity index (χ2n) is 15.0. The first-order valence-electron chi connectivity index (χ1n) is 18.7. The van der Waals surface area contributed by atoms with E-state index in [1.807, 2.05) is 62.3 Å². The van der Waals surface area contributed by atoms with Crippen molar-refractivity contribution in [2.45, 2.75) is 165 Å². The molecule has 0 aromatic rings. The molecule has 2 aliphatic rings. The highest BCUT2D eigenvalue weighted by atomic mass is 16.2. The van der Waals surface area contributed by atoms with Crippen LogP contribution in [0.1, 0.15) is 141 Å². The Morgan fingerprint density at radius 1 is 0.837 bits per heavy atom. The van der Waals surface area contributed by atoms with Crippen molar-refractivity contribution in [2.75, 3.05) is 26.2 Å². The van der Waals surface area contributed by atoms with E-state index in [1.165, 1.54) is 11.3 Å².